The Morgan fingerprint density at radius 3 is 2.58 bits per heavy atom. The number of anilines is 1. The van der Waals surface area contributed by atoms with E-state index in [1.807, 2.05) is 54.6 Å². The average Bonchev–Trinajstić information content (AvgIpc) is 2.84. The standard InChI is InChI=1S/C16H14N2O/c19-12-15-10-14-8-4-5-9-16(14)18(15)17-11-13-6-2-1-3-7-13/h1-9,11-12,15H,10H2/b17-11-. The minimum absolute atomic E-state index is 0.197. The van der Waals surface area contributed by atoms with Crippen molar-refractivity contribution in [1.29, 1.82) is 0 Å². The van der Waals surface area contributed by atoms with Crippen LogP contribution in [0.25, 0.3) is 0 Å². The second kappa shape index (κ2) is 5.06. The Hall–Kier alpha value is -2.42. The molecule has 0 amide bonds. The molecule has 0 N–H and O–H groups in total. The fourth-order valence-electron chi connectivity index (χ4n) is 2.32. The van der Waals surface area contributed by atoms with E-state index in [2.05, 4.69) is 5.10 Å². The van der Waals surface area contributed by atoms with Gasteiger partial charge in [0.05, 0.1) is 11.9 Å². The number of benzene rings is 2. The monoisotopic (exact) mass is 250 g/mol. The van der Waals surface area contributed by atoms with Crippen molar-refractivity contribution in [2.75, 3.05) is 5.01 Å². The van der Waals surface area contributed by atoms with Crippen LogP contribution < -0.4 is 5.01 Å². The van der Waals surface area contributed by atoms with Crippen molar-refractivity contribution in [2.24, 2.45) is 5.10 Å². The highest BCUT2D eigenvalue weighted by Crippen LogP contribution is 2.31. The van der Waals surface area contributed by atoms with Crippen molar-refractivity contribution in [3.05, 3.63) is 65.7 Å². The number of nitrogens with zero attached hydrogens (tertiary/aromatic N) is 2. The minimum Gasteiger partial charge on any atom is -0.301 e. The smallest absolute Gasteiger partial charge is 0.144 e. The molecule has 1 unspecified atom stereocenters. The lowest BCUT2D eigenvalue weighted by Gasteiger charge is -2.17. The Morgan fingerprint density at radius 1 is 1.05 bits per heavy atom. The molecule has 0 fully saturated rings. The molecule has 0 radical (unpaired) electrons. The van der Waals surface area contributed by atoms with Crippen molar-refractivity contribution in [2.45, 2.75) is 12.5 Å². The van der Waals surface area contributed by atoms with Crippen LogP contribution in [0.15, 0.2) is 59.7 Å². The highest BCUT2D eigenvalue weighted by Gasteiger charge is 2.28. The summed E-state index contributed by atoms with van der Waals surface area (Å²) in [7, 11) is 0. The lowest BCUT2D eigenvalue weighted by Crippen LogP contribution is -2.28. The largest absolute Gasteiger partial charge is 0.301 e. The van der Waals surface area contributed by atoms with Crippen LogP contribution in [-0.4, -0.2) is 18.5 Å². The topological polar surface area (TPSA) is 32.7 Å². The SMILES string of the molecule is O=CC1Cc2ccccc2N1/N=C\c1ccccc1. The summed E-state index contributed by atoms with van der Waals surface area (Å²) in [6.45, 7) is 0. The number of hydrazone groups is 1. The summed E-state index contributed by atoms with van der Waals surface area (Å²) in [5, 5.41) is 6.27. The van der Waals surface area contributed by atoms with Gasteiger partial charge in [-0.3, -0.25) is 5.01 Å². The third-order valence-electron chi connectivity index (χ3n) is 3.27. The molecule has 3 rings (SSSR count). The Bertz CT molecular complexity index is 607. The van der Waals surface area contributed by atoms with Gasteiger partial charge in [0, 0.05) is 6.42 Å². The molecular formula is C16H14N2O. The summed E-state index contributed by atoms with van der Waals surface area (Å²) in [6, 6.07) is 17.7. The van der Waals surface area contributed by atoms with Crippen LogP contribution in [0.3, 0.4) is 0 Å². The summed E-state index contributed by atoms with van der Waals surface area (Å²) in [4.78, 5) is 11.2. The number of hydrogen-bond donors (Lipinski definition) is 0. The van der Waals surface area contributed by atoms with Crippen molar-refractivity contribution in [1.82, 2.24) is 0 Å². The lowest BCUT2D eigenvalue weighted by molar-refractivity contribution is -0.108. The molecule has 0 spiro atoms. The van der Waals surface area contributed by atoms with Gasteiger partial charge in [-0.05, 0) is 17.2 Å². The predicted octanol–water partition coefficient (Wildman–Crippen LogP) is 2.65. The molecule has 0 aromatic heterocycles. The zero-order valence-corrected chi connectivity index (χ0v) is 10.4. The Balaban J connectivity index is 1.90. The first-order valence-electron chi connectivity index (χ1n) is 6.30. The third kappa shape index (κ3) is 2.27. The van der Waals surface area contributed by atoms with Gasteiger partial charge in [-0.15, -0.1) is 0 Å². The molecule has 1 aliphatic heterocycles. The number of carbonyl (C=O) groups is 1. The lowest BCUT2D eigenvalue weighted by atomic mass is 10.1. The van der Waals surface area contributed by atoms with Crippen molar-refractivity contribution < 1.29 is 4.79 Å². The number of rotatable bonds is 3. The van der Waals surface area contributed by atoms with Crippen LogP contribution in [-0.2, 0) is 11.2 Å². The van der Waals surface area contributed by atoms with Gasteiger partial charge in [0.25, 0.3) is 0 Å². The maximum atomic E-state index is 11.2. The molecule has 1 aliphatic rings. The van der Waals surface area contributed by atoms with E-state index in [1.54, 1.807) is 11.2 Å². The first kappa shape index (κ1) is 11.7. The second-order valence-electron chi connectivity index (χ2n) is 4.54. The van der Waals surface area contributed by atoms with Gasteiger partial charge in [0.15, 0.2) is 0 Å². The zero-order chi connectivity index (χ0) is 13.1. The van der Waals surface area contributed by atoms with Gasteiger partial charge >= 0.3 is 0 Å². The molecule has 0 saturated carbocycles. The molecule has 3 nitrogen and oxygen atoms in total. The van der Waals surface area contributed by atoms with E-state index < -0.39 is 0 Å². The summed E-state index contributed by atoms with van der Waals surface area (Å²) in [6.07, 6.45) is 3.48. The number of carbonyl (C=O) groups excluding carboxylic acids is 1. The highest BCUT2D eigenvalue weighted by atomic mass is 16.1. The Kier molecular flexibility index (Phi) is 3.11. The molecule has 0 aliphatic carbocycles. The van der Waals surface area contributed by atoms with Crippen LogP contribution in [0.1, 0.15) is 11.1 Å². The van der Waals surface area contributed by atoms with Crippen LogP contribution in [0.2, 0.25) is 0 Å². The van der Waals surface area contributed by atoms with Gasteiger partial charge in [0.2, 0.25) is 0 Å². The molecule has 0 saturated heterocycles. The number of para-hydroxylation sites is 1. The summed E-state index contributed by atoms with van der Waals surface area (Å²) < 4.78 is 0. The molecule has 94 valence electrons. The van der Waals surface area contributed by atoms with E-state index in [0.29, 0.717) is 0 Å². The van der Waals surface area contributed by atoms with Gasteiger partial charge in [-0.25, -0.2) is 0 Å². The Labute approximate surface area is 112 Å². The quantitative estimate of drug-likeness (QED) is 0.619. The van der Waals surface area contributed by atoms with Crippen LogP contribution in [0, 0.1) is 0 Å². The van der Waals surface area contributed by atoms with Crippen molar-refractivity contribution >= 4 is 18.2 Å². The molecule has 2 aromatic rings. The second-order valence-corrected chi connectivity index (χ2v) is 4.54. The van der Waals surface area contributed by atoms with E-state index in [9.17, 15) is 4.79 Å². The molecule has 2 aromatic carbocycles. The number of hydrogen-bond acceptors (Lipinski definition) is 3. The third-order valence-corrected chi connectivity index (χ3v) is 3.27. The number of fused-ring (bicyclic) bond motifs is 1. The molecule has 1 atom stereocenters. The summed E-state index contributed by atoms with van der Waals surface area (Å²) in [5.41, 5.74) is 3.22. The molecule has 1 heterocycles. The van der Waals surface area contributed by atoms with Gasteiger partial charge < -0.3 is 4.79 Å². The van der Waals surface area contributed by atoms with Crippen LogP contribution >= 0.6 is 0 Å². The van der Waals surface area contributed by atoms with Gasteiger partial charge in [-0.1, -0.05) is 48.5 Å². The molecule has 3 heteroatoms. The first-order chi connectivity index (χ1) is 9.38. The van der Waals surface area contributed by atoms with E-state index in [1.165, 1.54) is 5.56 Å². The predicted molar refractivity (Wildman–Crippen MR) is 76.5 cm³/mol. The van der Waals surface area contributed by atoms with E-state index in [0.717, 1.165) is 24.0 Å². The fraction of sp³-hybridized carbons (Fsp3) is 0.125. The van der Waals surface area contributed by atoms with Crippen LogP contribution in [0.4, 0.5) is 5.69 Å². The first-order valence-corrected chi connectivity index (χ1v) is 6.30. The van der Waals surface area contributed by atoms with Crippen LogP contribution in [0.5, 0.6) is 0 Å². The molecule has 19 heavy (non-hydrogen) atoms. The van der Waals surface area contributed by atoms with Crippen molar-refractivity contribution in [3.63, 3.8) is 0 Å². The van der Waals surface area contributed by atoms with E-state index in [4.69, 9.17) is 0 Å². The van der Waals surface area contributed by atoms with E-state index in [-0.39, 0.29) is 6.04 Å². The Morgan fingerprint density at radius 2 is 1.79 bits per heavy atom. The average molecular weight is 250 g/mol. The highest BCUT2D eigenvalue weighted by molar-refractivity contribution is 5.82. The van der Waals surface area contributed by atoms with Gasteiger partial charge in [-0.2, -0.15) is 5.10 Å². The normalized spacial score (nSPS) is 17.7. The maximum Gasteiger partial charge on any atom is 0.144 e. The minimum atomic E-state index is -0.197. The van der Waals surface area contributed by atoms with Crippen molar-refractivity contribution in [3.8, 4) is 0 Å². The zero-order valence-electron chi connectivity index (χ0n) is 10.4. The van der Waals surface area contributed by atoms with Gasteiger partial charge in [0.1, 0.15) is 12.3 Å². The molecule has 0 bridgehead atoms. The maximum absolute atomic E-state index is 11.2. The fourth-order valence-corrected chi connectivity index (χ4v) is 2.32. The number of aldehydes is 1. The van der Waals surface area contributed by atoms with E-state index >= 15 is 0 Å². The summed E-state index contributed by atoms with van der Waals surface area (Å²) >= 11 is 0. The summed E-state index contributed by atoms with van der Waals surface area (Å²) in [5.74, 6) is 0. The molecular weight excluding hydrogens is 236 g/mol.